The molecule has 1 rings (SSSR count). The van der Waals surface area contributed by atoms with Gasteiger partial charge in [-0.05, 0) is 25.2 Å². The summed E-state index contributed by atoms with van der Waals surface area (Å²) in [5.41, 5.74) is 0. The van der Waals surface area contributed by atoms with Crippen molar-refractivity contribution in [3.8, 4) is 0 Å². The van der Waals surface area contributed by atoms with Gasteiger partial charge in [0.2, 0.25) is 0 Å². The minimum Gasteiger partial charge on any atom is -0.171 e. The smallest absolute Gasteiger partial charge is 0.171 e. The fourth-order valence-electron chi connectivity index (χ4n) is 2.08. The van der Waals surface area contributed by atoms with E-state index in [2.05, 4.69) is 0 Å². The average molecular weight is 234 g/mol. The number of hydrogen-bond acceptors (Lipinski definition) is 0. The fraction of sp³-hybridized carbons (Fsp3) is 1.00. The van der Waals surface area contributed by atoms with Crippen molar-refractivity contribution < 1.29 is 26.3 Å². The second-order valence-electron chi connectivity index (χ2n) is 4.18. The molecule has 1 aliphatic carbocycles. The number of rotatable bonds is 0. The van der Waals surface area contributed by atoms with E-state index in [1.807, 2.05) is 0 Å². The van der Waals surface area contributed by atoms with Crippen LogP contribution in [0.15, 0.2) is 0 Å². The molecular formula is C9H12F6. The number of alkyl halides is 6. The van der Waals surface area contributed by atoms with Crippen molar-refractivity contribution >= 4 is 0 Å². The molecule has 0 N–H and O–H groups in total. The van der Waals surface area contributed by atoms with Crippen molar-refractivity contribution in [2.75, 3.05) is 0 Å². The normalized spacial score (nSPS) is 34.2. The van der Waals surface area contributed by atoms with Gasteiger partial charge in [-0.2, -0.15) is 26.3 Å². The molecule has 0 radical (unpaired) electrons. The van der Waals surface area contributed by atoms with Crippen LogP contribution in [0.4, 0.5) is 26.3 Å². The van der Waals surface area contributed by atoms with Crippen molar-refractivity contribution in [1.82, 2.24) is 0 Å². The first-order valence-corrected chi connectivity index (χ1v) is 4.75. The van der Waals surface area contributed by atoms with Gasteiger partial charge >= 0.3 is 12.4 Å². The zero-order valence-corrected chi connectivity index (χ0v) is 8.12. The van der Waals surface area contributed by atoms with Gasteiger partial charge in [0.1, 0.15) is 0 Å². The first kappa shape index (κ1) is 12.6. The molecule has 0 aromatic carbocycles. The van der Waals surface area contributed by atoms with E-state index in [0.29, 0.717) is 0 Å². The van der Waals surface area contributed by atoms with Crippen LogP contribution in [0.3, 0.4) is 0 Å². The minimum atomic E-state index is -4.51. The van der Waals surface area contributed by atoms with Crippen LogP contribution in [-0.2, 0) is 0 Å². The van der Waals surface area contributed by atoms with Gasteiger partial charge in [0.25, 0.3) is 0 Å². The molecule has 1 fully saturated rings. The Labute approximate surface area is 83.6 Å². The Balaban J connectivity index is 2.73. The molecule has 90 valence electrons. The molecule has 3 unspecified atom stereocenters. The van der Waals surface area contributed by atoms with E-state index in [-0.39, 0.29) is 12.8 Å². The average Bonchev–Trinajstić information content (AvgIpc) is 2.00. The maximum Gasteiger partial charge on any atom is 0.392 e. The van der Waals surface area contributed by atoms with Crippen LogP contribution in [0, 0.1) is 17.8 Å². The Morgan fingerprint density at radius 3 is 1.80 bits per heavy atom. The van der Waals surface area contributed by atoms with Gasteiger partial charge in [0, 0.05) is 0 Å². The highest BCUT2D eigenvalue weighted by Crippen LogP contribution is 2.47. The lowest BCUT2D eigenvalue weighted by Crippen LogP contribution is -2.39. The number of halogens is 6. The Hall–Kier alpha value is -0.420. The highest BCUT2D eigenvalue weighted by atomic mass is 19.4. The van der Waals surface area contributed by atoms with Crippen LogP contribution < -0.4 is 0 Å². The van der Waals surface area contributed by atoms with Gasteiger partial charge in [-0.3, -0.25) is 0 Å². The summed E-state index contributed by atoms with van der Waals surface area (Å²) < 4.78 is 73.9. The van der Waals surface area contributed by atoms with Crippen LogP contribution in [0.2, 0.25) is 0 Å². The fourth-order valence-corrected chi connectivity index (χ4v) is 2.08. The molecule has 0 nitrogen and oxygen atoms in total. The molecule has 1 aliphatic rings. The Morgan fingerprint density at radius 1 is 0.867 bits per heavy atom. The Bertz CT molecular complexity index is 216. The molecule has 15 heavy (non-hydrogen) atoms. The van der Waals surface area contributed by atoms with E-state index in [0.717, 1.165) is 0 Å². The standard InChI is InChI=1S/C9H12F6/c1-5-2-3-6(8(10,11)12)4-7(5)9(13,14)15/h5-7H,2-4H2,1H3. The van der Waals surface area contributed by atoms with E-state index in [1.165, 1.54) is 6.92 Å². The van der Waals surface area contributed by atoms with Crippen LogP contribution in [0.5, 0.6) is 0 Å². The summed E-state index contributed by atoms with van der Waals surface area (Å²) in [6.45, 7) is 1.37. The first-order chi connectivity index (χ1) is 6.62. The Kier molecular flexibility index (Phi) is 3.26. The molecule has 0 aromatic heterocycles. The van der Waals surface area contributed by atoms with E-state index in [4.69, 9.17) is 0 Å². The predicted octanol–water partition coefficient (Wildman–Crippen LogP) is 4.16. The van der Waals surface area contributed by atoms with E-state index < -0.39 is 36.5 Å². The molecule has 0 spiro atoms. The molecule has 0 heterocycles. The van der Waals surface area contributed by atoms with Crippen LogP contribution in [-0.4, -0.2) is 12.4 Å². The van der Waals surface area contributed by atoms with Crippen molar-refractivity contribution in [3.05, 3.63) is 0 Å². The number of hydrogen-bond donors (Lipinski definition) is 0. The molecule has 0 saturated heterocycles. The lowest BCUT2D eigenvalue weighted by Gasteiger charge is -2.36. The van der Waals surface area contributed by atoms with Gasteiger partial charge in [-0.25, -0.2) is 0 Å². The van der Waals surface area contributed by atoms with Crippen LogP contribution in [0.1, 0.15) is 26.2 Å². The third-order valence-electron chi connectivity index (χ3n) is 3.08. The zero-order valence-electron chi connectivity index (χ0n) is 8.12. The second-order valence-corrected chi connectivity index (χ2v) is 4.18. The second kappa shape index (κ2) is 3.87. The maximum atomic E-state index is 12.4. The molecule has 0 aliphatic heterocycles. The van der Waals surface area contributed by atoms with Gasteiger partial charge in [-0.15, -0.1) is 0 Å². The molecule has 0 bridgehead atoms. The Morgan fingerprint density at radius 2 is 1.40 bits per heavy atom. The summed E-state index contributed by atoms with van der Waals surface area (Å²) in [5.74, 6) is -4.30. The summed E-state index contributed by atoms with van der Waals surface area (Å²) in [7, 11) is 0. The summed E-state index contributed by atoms with van der Waals surface area (Å²) >= 11 is 0. The predicted molar refractivity (Wildman–Crippen MR) is 42.1 cm³/mol. The summed E-state index contributed by atoms with van der Waals surface area (Å²) in [4.78, 5) is 0. The summed E-state index contributed by atoms with van der Waals surface area (Å²) in [6, 6.07) is 0. The SMILES string of the molecule is CC1CCC(C(F)(F)F)CC1C(F)(F)F. The monoisotopic (exact) mass is 234 g/mol. The minimum absolute atomic E-state index is 0.00560. The van der Waals surface area contributed by atoms with Crippen molar-refractivity contribution in [1.29, 1.82) is 0 Å². The summed E-state index contributed by atoms with van der Waals surface area (Å²) in [6.07, 6.45) is -10.0. The largest absolute Gasteiger partial charge is 0.392 e. The summed E-state index contributed by atoms with van der Waals surface area (Å²) in [5, 5.41) is 0. The van der Waals surface area contributed by atoms with Gasteiger partial charge in [-0.1, -0.05) is 6.92 Å². The van der Waals surface area contributed by atoms with Gasteiger partial charge in [0.15, 0.2) is 0 Å². The van der Waals surface area contributed by atoms with Crippen molar-refractivity contribution in [3.63, 3.8) is 0 Å². The quantitative estimate of drug-likeness (QED) is 0.552. The topological polar surface area (TPSA) is 0 Å². The van der Waals surface area contributed by atoms with Crippen LogP contribution >= 0.6 is 0 Å². The highest BCUT2D eigenvalue weighted by molar-refractivity contribution is 4.85. The van der Waals surface area contributed by atoms with Crippen molar-refractivity contribution in [2.45, 2.75) is 38.5 Å². The lowest BCUT2D eigenvalue weighted by molar-refractivity contribution is -0.232. The van der Waals surface area contributed by atoms with Crippen LogP contribution in [0.25, 0.3) is 0 Å². The molecule has 0 amide bonds. The first-order valence-electron chi connectivity index (χ1n) is 4.75. The third kappa shape index (κ3) is 3.01. The highest BCUT2D eigenvalue weighted by Gasteiger charge is 2.51. The molecule has 0 aromatic rings. The molecule has 3 atom stereocenters. The van der Waals surface area contributed by atoms with E-state index in [9.17, 15) is 26.3 Å². The molecule has 6 heteroatoms. The lowest BCUT2D eigenvalue weighted by atomic mass is 9.74. The van der Waals surface area contributed by atoms with E-state index >= 15 is 0 Å². The zero-order chi connectivity index (χ0) is 11.9. The molecule has 1 saturated carbocycles. The van der Waals surface area contributed by atoms with Gasteiger partial charge < -0.3 is 0 Å². The molecular weight excluding hydrogens is 222 g/mol. The van der Waals surface area contributed by atoms with Crippen molar-refractivity contribution in [2.24, 2.45) is 17.8 Å². The third-order valence-corrected chi connectivity index (χ3v) is 3.08. The maximum absolute atomic E-state index is 12.4. The van der Waals surface area contributed by atoms with E-state index in [1.54, 1.807) is 0 Å². The van der Waals surface area contributed by atoms with Gasteiger partial charge in [0.05, 0.1) is 11.8 Å².